The van der Waals surface area contributed by atoms with Gasteiger partial charge in [-0.05, 0) is 81.9 Å². The van der Waals surface area contributed by atoms with E-state index in [1.54, 1.807) is 24.3 Å². The fourth-order valence-corrected chi connectivity index (χ4v) is 5.44. The Morgan fingerprint density at radius 3 is 0.773 bits per heavy atom. The maximum absolute atomic E-state index is 10.0. The lowest BCUT2D eigenvalue weighted by Gasteiger charge is -2.14. The quantitative estimate of drug-likeness (QED) is 0.210. The molecule has 0 aliphatic rings. The van der Waals surface area contributed by atoms with Crippen molar-refractivity contribution in [3.63, 3.8) is 0 Å². The van der Waals surface area contributed by atoms with Gasteiger partial charge in [0.1, 0.15) is 0 Å². The number of hydrogen-bond acceptors (Lipinski definition) is 4. The highest BCUT2D eigenvalue weighted by molar-refractivity contribution is 5.87. The van der Waals surface area contributed by atoms with E-state index in [-0.39, 0.29) is 0 Å². The van der Waals surface area contributed by atoms with E-state index in [2.05, 4.69) is 24.3 Å². The van der Waals surface area contributed by atoms with Crippen LogP contribution >= 0.6 is 0 Å². The summed E-state index contributed by atoms with van der Waals surface area (Å²) in [6, 6.07) is 51.3. The molecule has 4 heteroatoms. The SMILES string of the molecule is N#Cc1ccc(-c2ccccc2)cc1-c1cc(-c2ccc(C#N)c(-c3cc(-c4ccccc4)ccc3C#N)c2)ccc1C#N. The smallest absolute Gasteiger partial charge is 0.0998 e. The van der Waals surface area contributed by atoms with Crippen LogP contribution in [-0.4, -0.2) is 0 Å². The Bertz CT molecular complexity index is 2040. The van der Waals surface area contributed by atoms with Gasteiger partial charge >= 0.3 is 0 Å². The van der Waals surface area contributed by atoms with Gasteiger partial charge in [0.25, 0.3) is 0 Å². The Kier molecular flexibility index (Phi) is 7.50. The van der Waals surface area contributed by atoms with Gasteiger partial charge in [-0.3, -0.25) is 0 Å². The van der Waals surface area contributed by atoms with Crippen LogP contribution in [0.1, 0.15) is 22.3 Å². The molecule has 6 aromatic rings. The minimum absolute atomic E-state index is 0.451. The number of benzene rings is 6. The van der Waals surface area contributed by atoms with Crippen LogP contribution in [0, 0.1) is 45.3 Å². The summed E-state index contributed by atoms with van der Waals surface area (Å²) in [6.45, 7) is 0. The van der Waals surface area contributed by atoms with Crippen molar-refractivity contribution in [2.45, 2.75) is 0 Å². The lowest BCUT2D eigenvalue weighted by molar-refractivity contribution is 1.44. The molecule has 0 atom stereocenters. The second-order valence-electron chi connectivity index (χ2n) is 10.2. The Balaban J connectivity index is 1.51. The molecule has 0 aliphatic heterocycles. The lowest BCUT2D eigenvalue weighted by Crippen LogP contribution is -1.93. The first-order valence-corrected chi connectivity index (χ1v) is 13.9. The maximum atomic E-state index is 10.0. The summed E-state index contributed by atoms with van der Waals surface area (Å²) in [7, 11) is 0. The molecule has 0 heterocycles. The molecule has 6 aromatic carbocycles. The van der Waals surface area contributed by atoms with Gasteiger partial charge in [-0.1, -0.05) is 84.9 Å². The Hall–Kier alpha value is -6.72. The lowest BCUT2D eigenvalue weighted by atomic mass is 9.88. The van der Waals surface area contributed by atoms with Crippen LogP contribution in [0.25, 0.3) is 55.6 Å². The van der Waals surface area contributed by atoms with E-state index in [9.17, 15) is 21.0 Å². The van der Waals surface area contributed by atoms with Crippen molar-refractivity contribution < 1.29 is 0 Å². The van der Waals surface area contributed by atoms with Gasteiger partial charge in [-0.15, -0.1) is 0 Å². The van der Waals surface area contributed by atoms with Gasteiger partial charge < -0.3 is 0 Å². The van der Waals surface area contributed by atoms with Gasteiger partial charge in [0.05, 0.1) is 46.5 Å². The van der Waals surface area contributed by atoms with E-state index in [0.29, 0.717) is 44.5 Å². The number of hydrogen-bond donors (Lipinski definition) is 0. The van der Waals surface area contributed by atoms with Crippen molar-refractivity contribution in [3.8, 4) is 79.9 Å². The zero-order chi connectivity index (χ0) is 30.5. The van der Waals surface area contributed by atoms with Gasteiger partial charge in [-0.2, -0.15) is 21.0 Å². The average molecular weight is 559 g/mol. The third-order valence-corrected chi connectivity index (χ3v) is 7.69. The summed E-state index contributed by atoms with van der Waals surface area (Å²) in [5, 5.41) is 40.0. The van der Waals surface area contributed by atoms with Crippen LogP contribution in [0.2, 0.25) is 0 Å². The predicted octanol–water partition coefficient (Wildman–Crippen LogP) is 9.51. The molecule has 0 spiro atoms. The van der Waals surface area contributed by atoms with Crippen molar-refractivity contribution in [1.29, 1.82) is 21.0 Å². The molecule has 0 saturated heterocycles. The van der Waals surface area contributed by atoms with Crippen molar-refractivity contribution in [1.82, 2.24) is 0 Å². The first-order valence-electron chi connectivity index (χ1n) is 13.9. The highest BCUT2D eigenvalue weighted by atomic mass is 14.3. The third-order valence-electron chi connectivity index (χ3n) is 7.69. The van der Waals surface area contributed by atoms with Crippen molar-refractivity contribution in [3.05, 3.63) is 156 Å². The summed E-state index contributed by atoms with van der Waals surface area (Å²) in [5.41, 5.74) is 10.0. The average Bonchev–Trinajstić information content (AvgIpc) is 3.11. The number of rotatable bonds is 5. The minimum Gasteiger partial charge on any atom is -0.192 e. The summed E-state index contributed by atoms with van der Waals surface area (Å²) >= 11 is 0. The molecule has 6 rings (SSSR count). The summed E-state index contributed by atoms with van der Waals surface area (Å²) < 4.78 is 0. The molecule has 0 aromatic heterocycles. The third kappa shape index (κ3) is 5.20. The molecule has 4 nitrogen and oxygen atoms in total. The van der Waals surface area contributed by atoms with Crippen LogP contribution in [0.5, 0.6) is 0 Å². The maximum Gasteiger partial charge on any atom is 0.0998 e. The van der Waals surface area contributed by atoms with Crippen LogP contribution in [0.15, 0.2) is 133 Å². The fraction of sp³-hybridized carbons (Fsp3) is 0. The molecule has 0 fully saturated rings. The van der Waals surface area contributed by atoms with E-state index in [1.165, 1.54) is 0 Å². The molecular formula is C40H22N4. The second-order valence-corrected chi connectivity index (χ2v) is 10.2. The number of nitriles is 4. The Morgan fingerprint density at radius 1 is 0.273 bits per heavy atom. The zero-order valence-electron chi connectivity index (χ0n) is 23.5. The van der Waals surface area contributed by atoms with E-state index < -0.39 is 0 Å². The van der Waals surface area contributed by atoms with Gasteiger partial charge in [0.2, 0.25) is 0 Å². The molecule has 0 radical (unpaired) electrons. The predicted molar refractivity (Wildman–Crippen MR) is 172 cm³/mol. The molecule has 202 valence electrons. The summed E-state index contributed by atoms with van der Waals surface area (Å²) in [4.78, 5) is 0. The molecular weight excluding hydrogens is 536 g/mol. The zero-order valence-corrected chi connectivity index (χ0v) is 23.5. The van der Waals surface area contributed by atoms with Gasteiger partial charge in [0.15, 0.2) is 0 Å². The minimum atomic E-state index is 0.451. The summed E-state index contributed by atoms with van der Waals surface area (Å²) in [6.07, 6.45) is 0. The van der Waals surface area contributed by atoms with Crippen LogP contribution in [0.4, 0.5) is 0 Å². The highest BCUT2D eigenvalue weighted by Gasteiger charge is 2.16. The van der Waals surface area contributed by atoms with Gasteiger partial charge in [0, 0.05) is 22.3 Å². The highest BCUT2D eigenvalue weighted by Crippen LogP contribution is 2.37. The molecule has 0 saturated carbocycles. The van der Waals surface area contributed by atoms with E-state index in [0.717, 1.165) is 33.4 Å². The van der Waals surface area contributed by atoms with Crippen molar-refractivity contribution in [2.75, 3.05) is 0 Å². The van der Waals surface area contributed by atoms with E-state index in [1.807, 2.05) is 109 Å². The fourth-order valence-electron chi connectivity index (χ4n) is 5.44. The molecule has 0 amide bonds. The first kappa shape index (κ1) is 27.4. The second kappa shape index (κ2) is 12.0. The van der Waals surface area contributed by atoms with Gasteiger partial charge in [-0.25, -0.2) is 0 Å². The number of nitrogens with zero attached hydrogens (tertiary/aromatic N) is 4. The van der Waals surface area contributed by atoms with Crippen LogP contribution < -0.4 is 0 Å². The van der Waals surface area contributed by atoms with E-state index in [4.69, 9.17) is 0 Å². The molecule has 0 N–H and O–H groups in total. The standard InChI is InChI=1S/C40H22N4/c41-23-33-15-11-29(27-7-3-1-4-8-27)19-37(33)39-21-31(13-17-35(39)25-43)32-14-18-36(26-44)40(22-32)38-20-30(12-16-34(38)24-42)28-9-5-2-6-10-28/h1-22H. The Labute approximate surface area is 256 Å². The van der Waals surface area contributed by atoms with E-state index >= 15 is 0 Å². The largest absolute Gasteiger partial charge is 0.192 e. The monoisotopic (exact) mass is 558 g/mol. The normalized spacial score (nSPS) is 10.2. The molecule has 0 bridgehead atoms. The molecule has 44 heavy (non-hydrogen) atoms. The van der Waals surface area contributed by atoms with Crippen LogP contribution in [0.3, 0.4) is 0 Å². The molecule has 0 aliphatic carbocycles. The Morgan fingerprint density at radius 2 is 0.523 bits per heavy atom. The van der Waals surface area contributed by atoms with Crippen LogP contribution in [-0.2, 0) is 0 Å². The van der Waals surface area contributed by atoms with Crippen molar-refractivity contribution in [2.24, 2.45) is 0 Å². The first-order chi connectivity index (χ1) is 21.6. The van der Waals surface area contributed by atoms with Crippen molar-refractivity contribution >= 4 is 0 Å². The molecule has 0 unspecified atom stereocenters. The topological polar surface area (TPSA) is 95.2 Å². The summed E-state index contributed by atoms with van der Waals surface area (Å²) in [5.74, 6) is 0.